The van der Waals surface area contributed by atoms with Crippen molar-refractivity contribution in [1.82, 2.24) is 14.5 Å². The number of carbonyl (C=O) groups is 1. The normalized spacial score (nSPS) is 17.5. The van der Waals surface area contributed by atoms with Crippen LogP contribution in [0.1, 0.15) is 13.3 Å². The van der Waals surface area contributed by atoms with Crippen LogP contribution in [0.15, 0.2) is 27.6 Å². The van der Waals surface area contributed by atoms with Gasteiger partial charge in [-0.05, 0) is 38.1 Å². The zero-order valence-electron chi connectivity index (χ0n) is 13.5. The van der Waals surface area contributed by atoms with Gasteiger partial charge >= 0.3 is 0 Å². The van der Waals surface area contributed by atoms with Crippen molar-refractivity contribution in [3.8, 4) is 0 Å². The zero-order chi connectivity index (χ0) is 17.7. The number of amides is 1. The van der Waals surface area contributed by atoms with E-state index in [2.05, 4.69) is 21.2 Å². The highest BCUT2D eigenvalue weighted by molar-refractivity contribution is 9.10. The summed E-state index contributed by atoms with van der Waals surface area (Å²) in [5.41, 5.74) is 0. The maximum atomic E-state index is 14.0. The molecule has 134 valence electrons. The topological polar surface area (TPSA) is 69.7 Å². The Kier molecular flexibility index (Phi) is 6.73. The number of nitrogens with one attached hydrogen (secondary N) is 1. The molecule has 0 radical (unpaired) electrons. The van der Waals surface area contributed by atoms with E-state index in [9.17, 15) is 17.6 Å². The molecule has 1 N–H and O–H groups in total. The van der Waals surface area contributed by atoms with E-state index in [1.54, 1.807) is 0 Å². The molecular formula is C15H21BrFN3O3S. The summed E-state index contributed by atoms with van der Waals surface area (Å²) in [6.07, 6.45) is 0.592. The Labute approximate surface area is 150 Å². The fourth-order valence-electron chi connectivity index (χ4n) is 2.62. The summed E-state index contributed by atoms with van der Waals surface area (Å²) in [5, 5.41) is 2.73. The van der Waals surface area contributed by atoms with Gasteiger partial charge in [0.25, 0.3) is 0 Å². The van der Waals surface area contributed by atoms with Crippen molar-refractivity contribution < 1.29 is 17.6 Å². The lowest BCUT2D eigenvalue weighted by Gasteiger charge is -2.21. The molecule has 9 heteroatoms. The Morgan fingerprint density at radius 2 is 2.04 bits per heavy atom. The van der Waals surface area contributed by atoms with E-state index < -0.39 is 15.8 Å². The summed E-state index contributed by atoms with van der Waals surface area (Å²) in [5.74, 6) is -0.839. The van der Waals surface area contributed by atoms with Crippen molar-refractivity contribution in [3.05, 3.63) is 28.5 Å². The number of benzene rings is 1. The molecule has 0 spiro atoms. The monoisotopic (exact) mass is 421 g/mol. The third-order valence-electron chi connectivity index (χ3n) is 3.80. The van der Waals surface area contributed by atoms with Crippen LogP contribution in [0.4, 0.5) is 4.39 Å². The molecule has 1 saturated heterocycles. The highest BCUT2D eigenvalue weighted by atomic mass is 79.9. The first-order valence-corrected chi connectivity index (χ1v) is 10.0. The van der Waals surface area contributed by atoms with Gasteiger partial charge in [0, 0.05) is 30.7 Å². The highest BCUT2D eigenvalue weighted by Crippen LogP contribution is 2.24. The van der Waals surface area contributed by atoms with Crippen LogP contribution in [0.3, 0.4) is 0 Å². The Bertz CT molecular complexity index is 699. The van der Waals surface area contributed by atoms with Gasteiger partial charge in [-0.25, -0.2) is 12.8 Å². The van der Waals surface area contributed by atoms with Gasteiger partial charge in [-0.15, -0.1) is 0 Å². The van der Waals surface area contributed by atoms with Crippen molar-refractivity contribution in [3.63, 3.8) is 0 Å². The fraction of sp³-hybridized carbons (Fsp3) is 0.533. The predicted molar refractivity (Wildman–Crippen MR) is 92.6 cm³/mol. The van der Waals surface area contributed by atoms with Gasteiger partial charge in [-0.3, -0.25) is 9.69 Å². The number of hydrogen-bond donors (Lipinski definition) is 1. The average Bonchev–Trinajstić information content (AvgIpc) is 2.76. The lowest BCUT2D eigenvalue weighted by atomic mass is 10.3. The summed E-state index contributed by atoms with van der Waals surface area (Å²) in [6.45, 7) is 4.26. The number of rotatable bonds is 5. The summed E-state index contributed by atoms with van der Waals surface area (Å²) in [4.78, 5) is 13.3. The van der Waals surface area contributed by atoms with E-state index in [0.717, 1.165) is 6.07 Å². The first kappa shape index (κ1) is 19.3. The van der Waals surface area contributed by atoms with Gasteiger partial charge in [-0.2, -0.15) is 4.31 Å². The number of nitrogens with zero attached hydrogens (tertiary/aromatic N) is 2. The molecule has 0 saturated carbocycles. The molecule has 0 aromatic heterocycles. The standard InChI is InChI=1S/C15H21BrFN3O3S/c1-2-18-15(21)11-19-6-3-7-20(9-8-19)24(22,23)14-10-12(16)4-5-13(14)17/h4-5,10H,2-3,6-9,11H2,1H3,(H,18,21). The minimum absolute atomic E-state index is 0.0770. The average molecular weight is 422 g/mol. The quantitative estimate of drug-likeness (QED) is 0.780. The summed E-state index contributed by atoms with van der Waals surface area (Å²) >= 11 is 3.18. The highest BCUT2D eigenvalue weighted by Gasteiger charge is 2.29. The molecule has 6 nitrogen and oxygen atoms in total. The number of carbonyl (C=O) groups excluding carboxylic acids is 1. The lowest BCUT2D eigenvalue weighted by molar-refractivity contribution is -0.122. The Morgan fingerprint density at radius 1 is 1.29 bits per heavy atom. The Hall–Kier alpha value is -1.03. The van der Waals surface area contributed by atoms with Crippen LogP contribution >= 0.6 is 15.9 Å². The van der Waals surface area contributed by atoms with Gasteiger partial charge in [0.05, 0.1) is 6.54 Å². The van der Waals surface area contributed by atoms with Crippen molar-refractivity contribution in [2.75, 3.05) is 39.3 Å². The first-order chi connectivity index (χ1) is 11.3. The van der Waals surface area contributed by atoms with Gasteiger partial charge in [-0.1, -0.05) is 15.9 Å². The third kappa shape index (κ3) is 4.75. The van der Waals surface area contributed by atoms with Gasteiger partial charge in [0.2, 0.25) is 15.9 Å². The summed E-state index contributed by atoms with van der Waals surface area (Å²) < 4.78 is 41.2. The van der Waals surface area contributed by atoms with E-state index in [4.69, 9.17) is 0 Å². The molecule has 0 bridgehead atoms. The largest absolute Gasteiger partial charge is 0.355 e. The maximum absolute atomic E-state index is 14.0. The maximum Gasteiger partial charge on any atom is 0.246 e. The van der Waals surface area contributed by atoms with Gasteiger partial charge in [0.1, 0.15) is 10.7 Å². The van der Waals surface area contributed by atoms with E-state index in [1.807, 2.05) is 11.8 Å². The number of hydrogen-bond acceptors (Lipinski definition) is 4. The summed E-state index contributed by atoms with van der Waals surface area (Å²) in [7, 11) is -3.90. The number of halogens is 2. The van der Waals surface area contributed by atoms with Crippen molar-refractivity contribution in [2.45, 2.75) is 18.2 Å². The zero-order valence-corrected chi connectivity index (χ0v) is 15.9. The number of likely N-dealkylation sites (N-methyl/N-ethyl adjacent to an activating group) is 1. The molecule has 1 heterocycles. The predicted octanol–water partition coefficient (Wildman–Crippen LogP) is 1.42. The molecule has 1 amide bonds. The van der Waals surface area contributed by atoms with Gasteiger partial charge in [0.15, 0.2) is 0 Å². The van der Waals surface area contributed by atoms with Crippen LogP contribution in [0.25, 0.3) is 0 Å². The minimum Gasteiger partial charge on any atom is -0.355 e. The lowest BCUT2D eigenvalue weighted by Crippen LogP contribution is -2.40. The molecule has 0 unspecified atom stereocenters. The van der Waals surface area contributed by atoms with Crippen molar-refractivity contribution in [2.24, 2.45) is 0 Å². The van der Waals surface area contributed by atoms with Crippen LogP contribution in [-0.2, 0) is 14.8 Å². The smallest absolute Gasteiger partial charge is 0.246 e. The molecule has 24 heavy (non-hydrogen) atoms. The minimum atomic E-state index is -3.90. The molecule has 0 atom stereocenters. The van der Waals surface area contributed by atoms with Crippen LogP contribution in [0.5, 0.6) is 0 Å². The molecule has 1 aromatic rings. The van der Waals surface area contributed by atoms with Crippen LogP contribution in [-0.4, -0.2) is 62.8 Å². The van der Waals surface area contributed by atoms with E-state index in [-0.39, 0.29) is 23.9 Å². The van der Waals surface area contributed by atoms with Crippen molar-refractivity contribution >= 4 is 31.9 Å². The van der Waals surface area contributed by atoms with Crippen LogP contribution in [0.2, 0.25) is 0 Å². The van der Waals surface area contributed by atoms with Crippen molar-refractivity contribution in [1.29, 1.82) is 0 Å². The molecule has 1 fully saturated rings. The molecule has 1 aliphatic rings. The Morgan fingerprint density at radius 3 is 2.75 bits per heavy atom. The molecule has 2 rings (SSSR count). The molecular weight excluding hydrogens is 401 g/mol. The molecule has 0 aliphatic carbocycles. The third-order valence-corrected chi connectivity index (χ3v) is 6.21. The second-order valence-corrected chi connectivity index (χ2v) is 8.38. The second-order valence-electron chi connectivity index (χ2n) is 5.56. The first-order valence-electron chi connectivity index (χ1n) is 7.79. The van der Waals surface area contributed by atoms with E-state index in [0.29, 0.717) is 37.1 Å². The van der Waals surface area contributed by atoms with Gasteiger partial charge < -0.3 is 5.32 Å². The van der Waals surface area contributed by atoms with E-state index in [1.165, 1.54) is 16.4 Å². The number of sulfonamides is 1. The SMILES string of the molecule is CCNC(=O)CN1CCCN(S(=O)(=O)c2cc(Br)ccc2F)CC1. The van der Waals surface area contributed by atoms with Crippen LogP contribution < -0.4 is 5.32 Å². The Balaban J connectivity index is 2.10. The fourth-order valence-corrected chi connectivity index (χ4v) is 4.69. The molecule has 1 aromatic carbocycles. The van der Waals surface area contributed by atoms with Crippen LogP contribution in [0, 0.1) is 5.82 Å². The molecule has 1 aliphatic heterocycles. The van der Waals surface area contributed by atoms with E-state index >= 15 is 0 Å². The summed E-state index contributed by atoms with van der Waals surface area (Å²) in [6, 6.07) is 3.88. The second kappa shape index (κ2) is 8.37.